The van der Waals surface area contributed by atoms with Crippen LogP contribution in [0.3, 0.4) is 0 Å². The van der Waals surface area contributed by atoms with Gasteiger partial charge in [0.2, 0.25) is 6.71 Å². The summed E-state index contributed by atoms with van der Waals surface area (Å²) >= 11 is 0. The van der Waals surface area contributed by atoms with Gasteiger partial charge in [-0.05, 0) is 104 Å². The van der Waals surface area contributed by atoms with Crippen LogP contribution in [0.1, 0.15) is 22.3 Å². The summed E-state index contributed by atoms with van der Waals surface area (Å²) in [4.78, 5) is 2.40. The minimum Gasteiger partial charge on any atom is -0.458 e. The Balaban J connectivity index is 0.978. The summed E-state index contributed by atoms with van der Waals surface area (Å²) in [5, 5.41) is 0. The van der Waals surface area contributed by atoms with E-state index in [0.29, 0.717) is 0 Å². The zero-order chi connectivity index (χ0) is 42.9. The van der Waals surface area contributed by atoms with Crippen LogP contribution in [0.2, 0.25) is 0 Å². The van der Waals surface area contributed by atoms with Crippen molar-refractivity contribution in [2.45, 2.75) is 5.41 Å². The summed E-state index contributed by atoms with van der Waals surface area (Å²) in [6.45, 7) is 0.0852. The lowest BCUT2D eigenvalue weighted by Crippen LogP contribution is -2.68. The van der Waals surface area contributed by atoms with Crippen LogP contribution in [0.15, 0.2) is 249 Å². The topological polar surface area (TPSA) is 12.5 Å². The molecule has 4 heteroatoms. The van der Waals surface area contributed by atoms with Gasteiger partial charge in [0.15, 0.2) is 0 Å². The van der Waals surface area contributed by atoms with E-state index in [1.807, 2.05) is 0 Å². The van der Waals surface area contributed by atoms with Gasteiger partial charge >= 0.3 is 0 Å². The quantitative estimate of drug-likeness (QED) is 0.155. The van der Waals surface area contributed by atoms with Gasteiger partial charge in [-0.25, -0.2) is 0 Å². The molecule has 0 amide bonds. The molecule has 0 aliphatic carbocycles. The molecule has 3 aliphatic rings. The molecule has 13 rings (SSSR count). The van der Waals surface area contributed by atoms with Crippen LogP contribution in [0.25, 0.3) is 22.3 Å². The predicted octanol–water partition coefficient (Wildman–Crippen LogP) is 10.6. The summed E-state index contributed by atoms with van der Waals surface area (Å²) in [6, 6.07) is 91.4. The summed E-state index contributed by atoms with van der Waals surface area (Å²) < 4.78 is 6.79. The second-order valence-electron chi connectivity index (χ2n) is 17.5. The second kappa shape index (κ2) is 15.0. The first-order valence-corrected chi connectivity index (χ1v) is 22.7. The van der Waals surface area contributed by atoms with Gasteiger partial charge in [-0.2, -0.15) is 0 Å². The third kappa shape index (κ3) is 5.77. The minimum atomic E-state index is -0.554. The summed E-state index contributed by atoms with van der Waals surface area (Å²) in [5.74, 6) is 1.88. The largest absolute Gasteiger partial charge is 0.458 e. The molecule has 10 aromatic rings. The average molecular weight is 826 g/mol. The molecule has 0 bridgehead atoms. The summed E-state index contributed by atoms with van der Waals surface area (Å²) in [6.07, 6.45) is 0. The fourth-order valence-electron chi connectivity index (χ4n) is 11.5. The number of ether oxygens (including phenoxy) is 1. The molecule has 0 atom stereocenters. The van der Waals surface area contributed by atoms with Crippen LogP contribution in [0.5, 0.6) is 11.5 Å². The normalized spacial score (nSPS) is 13.4. The number of benzene rings is 10. The van der Waals surface area contributed by atoms with Crippen molar-refractivity contribution in [3.63, 3.8) is 0 Å². The first kappa shape index (κ1) is 37.5. The van der Waals surface area contributed by atoms with E-state index in [0.717, 1.165) is 28.6 Å². The van der Waals surface area contributed by atoms with Crippen LogP contribution in [-0.4, -0.2) is 13.4 Å². The van der Waals surface area contributed by atoms with E-state index in [4.69, 9.17) is 4.74 Å². The Morgan fingerprint density at radius 1 is 0.308 bits per heavy atom. The molecule has 0 radical (unpaired) electrons. The molecule has 3 aliphatic heterocycles. The maximum atomic E-state index is 6.79. The van der Waals surface area contributed by atoms with Gasteiger partial charge in [-0.3, -0.25) is 0 Å². The molecule has 0 N–H and O–H groups in total. The van der Waals surface area contributed by atoms with Gasteiger partial charge in [0.25, 0.3) is 6.71 Å². The second-order valence-corrected chi connectivity index (χ2v) is 17.5. The van der Waals surface area contributed by atoms with E-state index in [2.05, 4.69) is 254 Å². The van der Waals surface area contributed by atoms with Gasteiger partial charge in [-0.1, -0.05) is 222 Å². The van der Waals surface area contributed by atoms with Crippen molar-refractivity contribution in [2.75, 3.05) is 4.90 Å². The third-order valence-electron chi connectivity index (χ3n) is 14.1. The lowest BCUT2D eigenvalue weighted by atomic mass is 9.26. The highest BCUT2D eigenvalue weighted by Crippen LogP contribution is 2.48. The van der Waals surface area contributed by atoms with Gasteiger partial charge in [0.1, 0.15) is 11.5 Å². The smallest absolute Gasteiger partial charge is 0.251 e. The molecule has 0 fully saturated rings. The van der Waals surface area contributed by atoms with Gasteiger partial charge in [0.05, 0.1) is 5.41 Å². The van der Waals surface area contributed by atoms with Crippen molar-refractivity contribution >= 4 is 63.3 Å². The van der Waals surface area contributed by atoms with Crippen molar-refractivity contribution in [1.29, 1.82) is 0 Å². The highest BCUT2D eigenvalue weighted by atomic mass is 16.5. The third-order valence-corrected chi connectivity index (χ3v) is 14.1. The van der Waals surface area contributed by atoms with E-state index in [1.54, 1.807) is 0 Å². The van der Waals surface area contributed by atoms with E-state index >= 15 is 0 Å². The van der Waals surface area contributed by atoms with Crippen LogP contribution in [-0.2, 0) is 5.41 Å². The van der Waals surface area contributed by atoms with E-state index in [-0.39, 0.29) is 13.4 Å². The highest BCUT2D eigenvalue weighted by molar-refractivity contribution is 6.99. The monoisotopic (exact) mass is 825 g/mol. The van der Waals surface area contributed by atoms with Crippen LogP contribution >= 0.6 is 0 Å². The number of para-hydroxylation sites is 1. The zero-order valence-corrected chi connectivity index (χ0v) is 35.7. The minimum absolute atomic E-state index is 0.0137. The molecule has 0 saturated carbocycles. The molecular weight excluding hydrogens is 784 g/mol. The highest BCUT2D eigenvalue weighted by Gasteiger charge is 2.54. The molecule has 2 nitrogen and oxygen atoms in total. The van der Waals surface area contributed by atoms with Gasteiger partial charge < -0.3 is 9.64 Å². The Morgan fingerprint density at radius 2 is 0.738 bits per heavy atom. The Morgan fingerprint density at radius 3 is 1.31 bits per heavy atom. The molecule has 0 aromatic heterocycles. The number of rotatable bonds is 6. The Hall–Kier alpha value is -8.07. The maximum absolute atomic E-state index is 6.79. The Labute approximate surface area is 381 Å². The van der Waals surface area contributed by atoms with E-state index in [9.17, 15) is 0 Å². The van der Waals surface area contributed by atoms with Crippen LogP contribution in [0.4, 0.5) is 17.1 Å². The Bertz CT molecular complexity index is 3310. The number of hydrogen-bond donors (Lipinski definition) is 0. The molecule has 0 unspecified atom stereocenters. The molecule has 0 saturated heterocycles. The van der Waals surface area contributed by atoms with E-state index in [1.165, 1.54) is 77.3 Å². The van der Waals surface area contributed by atoms with Crippen molar-refractivity contribution in [2.24, 2.45) is 0 Å². The lowest BCUT2D eigenvalue weighted by molar-refractivity contribution is 0.486. The predicted molar refractivity (Wildman–Crippen MR) is 273 cm³/mol. The molecule has 302 valence electrons. The summed E-state index contributed by atoms with van der Waals surface area (Å²) in [5.41, 5.74) is 20.5. The fourth-order valence-corrected chi connectivity index (χ4v) is 11.5. The summed E-state index contributed by atoms with van der Waals surface area (Å²) in [7, 11) is 0. The van der Waals surface area contributed by atoms with Crippen molar-refractivity contribution in [3.05, 3.63) is 271 Å². The number of nitrogens with zero attached hydrogens (tertiary/aromatic N) is 1. The Kier molecular flexibility index (Phi) is 8.67. The number of hydrogen-bond acceptors (Lipinski definition) is 2. The first-order valence-electron chi connectivity index (χ1n) is 22.7. The molecule has 1 spiro atoms. The molecule has 3 heterocycles. The zero-order valence-electron chi connectivity index (χ0n) is 35.7. The van der Waals surface area contributed by atoms with Gasteiger partial charge in [-0.15, -0.1) is 0 Å². The van der Waals surface area contributed by atoms with Crippen molar-refractivity contribution in [3.8, 4) is 33.8 Å². The number of anilines is 3. The molecule has 10 aromatic carbocycles. The lowest BCUT2D eigenvalue weighted by Gasteiger charge is -2.50. The van der Waals surface area contributed by atoms with Crippen LogP contribution in [0, 0.1) is 0 Å². The maximum Gasteiger partial charge on any atom is 0.251 e. The van der Waals surface area contributed by atoms with Crippen LogP contribution < -0.4 is 42.4 Å². The standard InChI is InChI=1S/C61H41B2NO/c1-3-18-42(19-4-1)44-22-15-24-48(40-44)64(49-25-16-23-45(41-49)43-20-5-2-6-21-43)47-38-36-46(37-39-47)62-54-30-10-7-26-50(54)61(51-27-8-11-31-55(51)62)52-28-9-12-32-56(52)63-57-33-13-14-34-58(57)65-59-35-17-29-53(61)60(59)63/h1-41H. The number of fused-ring (bicyclic) bond motifs is 10. The van der Waals surface area contributed by atoms with E-state index < -0.39 is 5.41 Å². The SMILES string of the molecule is c1ccc(-c2cccc(N(c3ccc(B4c5ccccc5C5(c6ccccc64)c4ccccc4B4c6ccccc6Oc6cccc5c64)cc3)c3cccc(-c4ccccc4)c3)c2)cc1. The first-order chi connectivity index (χ1) is 32.3. The molecule has 65 heavy (non-hydrogen) atoms. The van der Waals surface area contributed by atoms with Gasteiger partial charge in [0, 0.05) is 17.1 Å². The average Bonchev–Trinajstić information content (AvgIpc) is 3.38. The molecular formula is C61H41B2NO. The fraction of sp³-hybridized carbons (Fsp3) is 0.0164. The van der Waals surface area contributed by atoms with Crippen molar-refractivity contribution < 1.29 is 4.74 Å². The van der Waals surface area contributed by atoms with Crippen molar-refractivity contribution in [1.82, 2.24) is 0 Å².